The van der Waals surface area contributed by atoms with Crippen LogP contribution in [0.1, 0.15) is 12.5 Å². The van der Waals surface area contributed by atoms with Gasteiger partial charge in [-0.3, -0.25) is 14.2 Å². The lowest BCUT2D eigenvalue weighted by molar-refractivity contribution is -0.117. The standard InChI is InChI=1S/C18H17N3O2S/c1-12(16(19)22)24-18-20-15-10-6-5-9-14(15)17(23)21(18)11-13-7-3-2-4-8-13/h2-10,12H,11H2,1H3,(H2,19,22). The van der Waals surface area contributed by atoms with Crippen molar-refractivity contribution in [2.75, 3.05) is 0 Å². The first-order chi connectivity index (χ1) is 11.6. The van der Waals surface area contributed by atoms with E-state index in [9.17, 15) is 9.59 Å². The van der Waals surface area contributed by atoms with Gasteiger partial charge in [0.1, 0.15) is 0 Å². The monoisotopic (exact) mass is 339 g/mol. The second-order valence-corrected chi connectivity index (χ2v) is 6.76. The molecule has 0 aliphatic rings. The van der Waals surface area contributed by atoms with Crippen molar-refractivity contribution in [1.82, 2.24) is 9.55 Å². The Morgan fingerprint density at radius 1 is 1.17 bits per heavy atom. The molecule has 0 aliphatic carbocycles. The third-order valence-corrected chi connectivity index (χ3v) is 4.80. The lowest BCUT2D eigenvalue weighted by Gasteiger charge is -2.15. The molecule has 0 spiro atoms. The number of thioether (sulfide) groups is 1. The van der Waals surface area contributed by atoms with Crippen LogP contribution in [0.4, 0.5) is 0 Å². The number of primary amides is 1. The maximum absolute atomic E-state index is 12.9. The average Bonchev–Trinajstić information content (AvgIpc) is 2.59. The number of para-hydroxylation sites is 1. The van der Waals surface area contributed by atoms with Gasteiger partial charge in [-0.2, -0.15) is 0 Å². The van der Waals surface area contributed by atoms with Gasteiger partial charge < -0.3 is 5.73 Å². The van der Waals surface area contributed by atoms with E-state index < -0.39 is 11.2 Å². The number of rotatable bonds is 5. The Bertz CT molecular complexity index is 938. The summed E-state index contributed by atoms with van der Waals surface area (Å²) in [5, 5.41) is 0.582. The largest absolute Gasteiger partial charge is 0.369 e. The first-order valence-corrected chi connectivity index (χ1v) is 8.43. The van der Waals surface area contributed by atoms with Crippen LogP contribution >= 0.6 is 11.8 Å². The molecule has 1 heterocycles. The van der Waals surface area contributed by atoms with E-state index in [1.807, 2.05) is 42.5 Å². The number of benzene rings is 2. The van der Waals surface area contributed by atoms with E-state index in [0.29, 0.717) is 22.6 Å². The molecule has 0 aliphatic heterocycles. The minimum Gasteiger partial charge on any atom is -0.369 e. The summed E-state index contributed by atoms with van der Waals surface area (Å²) in [6.45, 7) is 2.10. The van der Waals surface area contributed by atoms with Crippen molar-refractivity contribution in [2.45, 2.75) is 23.9 Å². The normalized spacial score (nSPS) is 12.2. The molecule has 1 aromatic heterocycles. The quantitative estimate of drug-likeness (QED) is 0.572. The van der Waals surface area contributed by atoms with E-state index in [1.54, 1.807) is 23.6 Å². The fraction of sp³-hybridized carbons (Fsp3) is 0.167. The first-order valence-electron chi connectivity index (χ1n) is 7.56. The van der Waals surface area contributed by atoms with Crippen LogP contribution in [-0.2, 0) is 11.3 Å². The van der Waals surface area contributed by atoms with Crippen LogP contribution in [0.15, 0.2) is 64.5 Å². The minimum atomic E-state index is -0.472. The van der Waals surface area contributed by atoms with Crippen molar-refractivity contribution in [3.05, 3.63) is 70.5 Å². The van der Waals surface area contributed by atoms with Gasteiger partial charge >= 0.3 is 0 Å². The second-order valence-electron chi connectivity index (χ2n) is 5.45. The van der Waals surface area contributed by atoms with Crippen molar-refractivity contribution in [3.8, 4) is 0 Å². The summed E-state index contributed by atoms with van der Waals surface area (Å²) in [6.07, 6.45) is 0. The zero-order valence-electron chi connectivity index (χ0n) is 13.2. The Balaban J connectivity index is 2.14. The summed E-state index contributed by atoms with van der Waals surface area (Å²) in [7, 11) is 0. The number of hydrogen-bond acceptors (Lipinski definition) is 4. The van der Waals surface area contributed by atoms with Gasteiger partial charge in [0, 0.05) is 0 Å². The highest BCUT2D eigenvalue weighted by Crippen LogP contribution is 2.23. The highest BCUT2D eigenvalue weighted by molar-refractivity contribution is 8.00. The van der Waals surface area contributed by atoms with Crippen molar-refractivity contribution in [1.29, 1.82) is 0 Å². The van der Waals surface area contributed by atoms with E-state index in [4.69, 9.17) is 5.73 Å². The molecule has 6 heteroatoms. The molecule has 24 heavy (non-hydrogen) atoms. The lowest BCUT2D eigenvalue weighted by Crippen LogP contribution is -2.27. The zero-order valence-corrected chi connectivity index (χ0v) is 14.0. The fourth-order valence-electron chi connectivity index (χ4n) is 2.36. The molecule has 3 aromatic rings. The summed E-state index contributed by atoms with van der Waals surface area (Å²) in [6, 6.07) is 16.9. The van der Waals surface area contributed by atoms with Gasteiger partial charge in [0.25, 0.3) is 5.56 Å². The van der Waals surface area contributed by atoms with Gasteiger partial charge in [-0.25, -0.2) is 4.98 Å². The van der Waals surface area contributed by atoms with E-state index in [-0.39, 0.29) is 5.56 Å². The molecular formula is C18H17N3O2S. The molecule has 0 radical (unpaired) electrons. The molecule has 1 amide bonds. The highest BCUT2D eigenvalue weighted by atomic mass is 32.2. The molecule has 1 atom stereocenters. The summed E-state index contributed by atoms with van der Waals surface area (Å²) in [5.41, 5.74) is 6.85. The molecule has 2 N–H and O–H groups in total. The molecule has 0 saturated carbocycles. The Kier molecular flexibility index (Phi) is 4.66. The molecule has 0 fully saturated rings. The third kappa shape index (κ3) is 3.33. The summed E-state index contributed by atoms with van der Waals surface area (Å²) < 4.78 is 1.60. The van der Waals surface area contributed by atoms with Crippen molar-refractivity contribution in [2.24, 2.45) is 5.73 Å². The van der Waals surface area contributed by atoms with Gasteiger partial charge in [-0.15, -0.1) is 0 Å². The van der Waals surface area contributed by atoms with E-state index >= 15 is 0 Å². The summed E-state index contributed by atoms with van der Waals surface area (Å²) >= 11 is 1.20. The number of nitrogens with zero attached hydrogens (tertiary/aromatic N) is 2. The van der Waals surface area contributed by atoms with Gasteiger partial charge in [0.05, 0.1) is 22.7 Å². The van der Waals surface area contributed by atoms with E-state index in [2.05, 4.69) is 4.98 Å². The van der Waals surface area contributed by atoms with E-state index in [1.165, 1.54) is 11.8 Å². The first kappa shape index (κ1) is 16.3. The predicted molar refractivity (Wildman–Crippen MR) is 96.1 cm³/mol. The Hall–Kier alpha value is -2.60. The van der Waals surface area contributed by atoms with Crippen LogP contribution in [0, 0.1) is 0 Å². The molecule has 2 aromatic carbocycles. The van der Waals surface area contributed by atoms with Crippen LogP contribution in [0.25, 0.3) is 10.9 Å². The summed E-state index contributed by atoms with van der Waals surface area (Å²) in [4.78, 5) is 28.9. The maximum Gasteiger partial charge on any atom is 0.262 e. The lowest BCUT2D eigenvalue weighted by atomic mass is 10.2. The van der Waals surface area contributed by atoms with Gasteiger partial charge in [-0.05, 0) is 24.6 Å². The number of carbonyl (C=O) groups excluding carboxylic acids is 1. The molecule has 0 saturated heterocycles. The minimum absolute atomic E-state index is 0.122. The molecule has 122 valence electrons. The van der Waals surface area contributed by atoms with E-state index in [0.717, 1.165) is 5.56 Å². The topological polar surface area (TPSA) is 78.0 Å². The fourth-order valence-corrected chi connectivity index (χ4v) is 3.22. The van der Waals surface area contributed by atoms with Crippen LogP contribution in [-0.4, -0.2) is 20.7 Å². The smallest absolute Gasteiger partial charge is 0.262 e. The number of fused-ring (bicyclic) bond motifs is 1. The van der Waals surface area contributed by atoms with Crippen molar-refractivity contribution >= 4 is 28.6 Å². The zero-order chi connectivity index (χ0) is 17.1. The highest BCUT2D eigenvalue weighted by Gasteiger charge is 2.17. The number of nitrogens with two attached hydrogens (primary N) is 1. The molecular weight excluding hydrogens is 322 g/mol. The SMILES string of the molecule is CC(Sc1nc2ccccc2c(=O)n1Cc1ccccc1)C(N)=O. The number of amides is 1. The Morgan fingerprint density at radius 2 is 1.83 bits per heavy atom. The Morgan fingerprint density at radius 3 is 2.54 bits per heavy atom. The van der Waals surface area contributed by atoms with Gasteiger partial charge in [0.15, 0.2) is 5.16 Å². The number of hydrogen-bond donors (Lipinski definition) is 1. The second kappa shape index (κ2) is 6.88. The number of carbonyl (C=O) groups is 1. The van der Waals surface area contributed by atoms with Crippen LogP contribution < -0.4 is 11.3 Å². The molecule has 0 bridgehead atoms. The molecule has 1 unspecified atom stereocenters. The van der Waals surface area contributed by atoms with Crippen LogP contribution in [0.5, 0.6) is 0 Å². The third-order valence-electron chi connectivity index (χ3n) is 3.69. The maximum atomic E-state index is 12.9. The van der Waals surface area contributed by atoms with Gasteiger partial charge in [0.2, 0.25) is 5.91 Å². The van der Waals surface area contributed by atoms with Gasteiger partial charge in [-0.1, -0.05) is 54.2 Å². The van der Waals surface area contributed by atoms with Crippen LogP contribution in [0.2, 0.25) is 0 Å². The van der Waals surface area contributed by atoms with Crippen molar-refractivity contribution in [3.63, 3.8) is 0 Å². The average molecular weight is 339 g/mol. The van der Waals surface area contributed by atoms with Crippen molar-refractivity contribution < 1.29 is 4.79 Å². The summed E-state index contributed by atoms with van der Waals surface area (Å²) in [5.74, 6) is -0.436. The molecule has 3 rings (SSSR count). The van der Waals surface area contributed by atoms with Crippen LogP contribution in [0.3, 0.4) is 0 Å². The molecule has 5 nitrogen and oxygen atoms in total. The Labute approximate surface area is 143 Å². The predicted octanol–water partition coefficient (Wildman–Crippen LogP) is 2.41. The number of aromatic nitrogens is 2.